The fourth-order valence-electron chi connectivity index (χ4n) is 4.35. The summed E-state index contributed by atoms with van der Waals surface area (Å²) in [4.78, 5) is 25.3. The Kier molecular flexibility index (Phi) is 3.71. The summed E-state index contributed by atoms with van der Waals surface area (Å²) in [6.07, 6.45) is -3.25. The molecule has 2 fully saturated rings. The number of nitrogens with one attached hydrogen (secondary N) is 1. The van der Waals surface area contributed by atoms with Gasteiger partial charge in [0.25, 0.3) is 0 Å². The predicted molar refractivity (Wildman–Crippen MR) is 84.9 cm³/mol. The van der Waals surface area contributed by atoms with Gasteiger partial charge in [-0.1, -0.05) is 20.8 Å². The standard InChI is InChI=1S/C18H20F3NO3/c1-15(2)16(3)8-9-17(15,10-13(16)23)14(24)22-11-4-6-12(7-5-11)25-18(19,20)21/h4-7H,8-10H2,1-3H3,(H,22,24)/t16-,17+/m0/s1. The topological polar surface area (TPSA) is 55.4 Å². The molecule has 2 saturated carbocycles. The van der Waals surface area contributed by atoms with Crippen LogP contribution in [0.4, 0.5) is 18.9 Å². The van der Waals surface area contributed by atoms with Crippen LogP contribution in [0, 0.1) is 16.2 Å². The number of benzene rings is 1. The molecule has 1 amide bonds. The molecule has 3 rings (SSSR count). The molecule has 7 heteroatoms. The normalized spacial score (nSPS) is 30.4. The van der Waals surface area contributed by atoms with E-state index >= 15 is 0 Å². The van der Waals surface area contributed by atoms with Gasteiger partial charge >= 0.3 is 6.36 Å². The van der Waals surface area contributed by atoms with E-state index in [-0.39, 0.29) is 23.9 Å². The molecule has 136 valence electrons. The summed E-state index contributed by atoms with van der Waals surface area (Å²) in [5.41, 5.74) is -1.38. The first-order chi connectivity index (χ1) is 11.4. The summed E-state index contributed by atoms with van der Waals surface area (Å²) in [6, 6.07) is 5.00. The maximum atomic E-state index is 12.9. The largest absolute Gasteiger partial charge is 0.573 e. The molecule has 0 radical (unpaired) electrons. The molecule has 0 spiro atoms. The monoisotopic (exact) mass is 355 g/mol. The van der Waals surface area contributed by atoms with E-state index in [1.54, 1.807) is 0 Å². The number of carbonyl (C=O) groups excluding carboxylic acids is 2. The van der Waals surface area contributed by atoms with Crippen LogP contribution in [0.1, 0.15) is 40.0 Å². The van der Waals surface area contributed by atoms with Crippen molar-refractivity contribution < 1.29 is 27.5 Å². The van der Waals surface area contributed by atoms with Gasteiger partial charge in [-0.25, -0.2) is 0 Å². The highest BCUT2D eigenvalue weighted by Gasteiger charge is 2.72. The molecule has 4 nitrogen and oxygen atoms in total. The van der Waals surface area contributed by atoms with Crippen LogP contribution in [-0.4, -0.2) is 18.1 Å². The van der Waals surface area contributed by atoms with Crippen molar-refractivity contribution in [3.05, 3.63) is 24.3 Å². The number of ketones is 1. The van der Waals surface area contributed by atoms with E-state index in [4.69, 9.17) is 0 Å². The number of Topliss-reactive ketones (excluding diaryl/α,β-unsaturated/α-hetero) is 1. The Labute approximate surface area is 143 Å². The Hall–Kier alpha value is -2.05. The average Bonchev–Trinajstić information content (AvgIpc) is 2.78. The van der Waals surface area contributed by atoms with Crippen molar-refractivity contribution in [2.45, 2.75) is 46.4 Å². The molecule has 2 atom stereocenters. The number of hydrogen-bond acceptors (Lipinski definition) is 3. The first-order valence-electron chi connectivity index (χ1n) is 8.12. The predicted octanol–water partition coefficient (Wildman–Crippen LogP) is 4.31. The third-order valence-corrected chi connectivity index (χ3v) is 6.49. The highest BCUT2D eigenvalue weighted by Crippen LogP contribution is 2.70. The lowest BCUT2D eigenvalue weighted by atomic mass is 9.64. The van der Waals surface area contributed by atoms with Crippen LogP contribution in [0.15, 0.2) is 24.3 Å². The molecule has 2 aliphatic rings. The van der Waals surface area contributed by atoms with Crippen LogP contribution in [0.2, 0.25) is 0 Å². The second-order valence-electron chi connectivity index (χ2n) is 7.67. The van der Waals surface area contributed by atoms with E-state index in [0.29, 0.717) is 18.5 Å². The van der Waals surface area contributed by atoms with Gasteiger partial charge in [0.1, 0.15) is 11.5 Å². The van der Waals surface area contributed by atoms with Crippen molar-refractivity contribution in [2.75, 3.05) is 5.32 Å². The molecular formula is C18H20F3NO3. The van der Waals surface area contributed by atoms with E-state index in [0.717, 1.165) is 12.1 Å². The summed E-state index contributed by atoms with van der Waals surface area (Å²) in [7, 11) is 0. The van der Waals surface area contributed by atoms with Crippen molar-refractivity contribution in [3.8, 4) is 5.75 Å². The molecule has 1 N–H and O–H groups in total. The smallest absolute Gasteiger partial charge is 0.406 e. The minimum absolute atomic E-state index is 0.104. The first kappa shape index (κ1) is 17.8. The van der Waals surface area contributed by atoms with Crippen molar-refractivity contribution >= 4 is 17.4 Å². The zero-order valence-electron chi connectivity index (χ0n) is 14.3. The molecular weight excluding hydrogens is 335 g/mol. The molecule has 1 aromatic rings. The number of anilines is 1. The van der Waals surface area contributed by atoms with Crippen LogP contribution < -0.4 is 10.1 Å². The number of ether oxygens (including phenoxy) is 1. The van der Waals surface area contributed by atoms with Crippen LogP contribution >= 0.6 is 0 Å². The Morgan fingerprint density at radius 2 is 1.72 bits per heavy atom. The van der Waals surface area contributed by atoms with Crippen molar-refractivity contribution in [2.24, 2.45) is 16.2 Å². The number of amides is 1. The molecule has 0 aliphatic heterocycles. The minimum atomic E-state index is -4.76. The molecule has 0 unspecified atom stereocenters. The molecule has 0 aromatic heterocycles. The van der Waals surface area contributed by atoms with Crippen LogP contribution in [0.3, 0.4) is 0 Å². The van der Waals surface area contributed by atoms with E-state index in [2.05, 4.69) is 10.1 Å². The summed E-state index contributed by atoms with van der Waals surface area (Å²) >= 11 is 0. The lowest BCUT2D eigenvalue weighted by molar-refractivity contribution is -0.274. The van der Waals surface area contributed by atoms with E-state index in [9.17, 15) is 22.8 Å². The SMILES string of the molecule is CC1(C)[C@]2(C(=O)Nc3ccc(OC(F)(F)F)cc3)CC[C@@]1(C)C(=O)C2. The number of rotatable bonds is 3. The maximum Gasteiger partial charge on any atom is 0.573 e. The lowest BCUT2D eigenvalue weighted by Crippen LogP contribution is -2.43. The van der Waals surface area contributed by atoms with E-state index < -0.39 is 22.6 Å². The highest BCUT2D eigenvalue weighted by molar-refractivity contribution is 6.04. The number of fused-ring (bicyclic) bond motifs is 2. The van der Waals surface area contributed by atoms with Gasteiger partial charge in [0, 0.05) is 17.5 Å². The van der Waals surface area contributed by atoms with Gasteiger partial charge in [0.05, 0.1) is 5.41 Å². The van der Waals surface area contributed by atoms with Gasteiger partial charge in [0.2, 0.25) is 5.91 Å². The Morgan fingerprint density at radius 1 is 1.12 bits per heavy atom. The Bertz CT molecular complexity index is 726. The van der Waals surface area contributed by atoms with E-state index in [1.807, 2.05) is 20.8 Å². The maximum absolute atomic E-state index is 12.9. The lowest BCUT2D eigenvalue weighted by Gasteiger charge is -2.38. The third kappa shape index (κ3) is 2.51. The van der Waals surface area contributed by atoms with Gasteiger partial charge < -0.3 is 10.1 Å². The van der Waals surface area contributed by atoms with Crippen LogP contribution in [0.25, 0.3) is 0 Å². The number of carbonyl (C=O) groups is 2. The molecule has 0 heterocycles. The number of halogens is 3. The van der Waals surface area contributed by atoms with Gasteiger partial charge in [-0.05, 0) is 42.5 Å². The van der Waals surface area contributed by atoms with Crippen molar-refractivity contribution in [3.63, 3.8) is 0 Å². The van der Waals surface area contributed by atoms with Gasteiger partial charge in [0.15, 0.2) is 0 Å². The zero-order valence-corrected chi connectivity index (χ0v) is 14.3. The quantitative estimate of drug-likeness (QED) is 0.879. The van der Waals surface area contributed by atoms with Gasteiger partial charge in [-0.2, -0.15) is 0 Å². The van der Waals surface area contributed by atoms with Crippen LogP contribution in [0.5, 0.6) is 5.75 Å². The fourth-order valence-corrected chi connectivity index (χ4v) is 4.35. The highest BCUT2D eigenvalue weighted by atomic mass is 19.4. The zero-order chi connectivity index (χ0) is 18.7. The second kappa shape index (κ2) is 5.22. The fraction of sp³-hybridized carbons (Fsp3) is 0.556. The molecule has 2 aliphatic carbocycles. The minimum Gasteiger partial charge on any atom is -0.406 e. The van der Waals surface area contributed by atoms with Crippen molar-refractivity contribution in [1.82, 2.24) is 0 Å². The van der Waals surface area contributed by atoms with Crippen LogP contribution in [-0.2, 0) is 9.59 Å². The molecule has 2 bridgehead atoms. The number of alkyl halides is 3. The third-order valence-electron chi connectivity index (χ3n) is 6.49. The average molecular weight is 355 g/mol. The Morgan fingerprint density at radius 3 is 2.16 bits per heavy atom. The summed E-state index contributed by atoms with van der Waals surface area (Å²) in [5.74, 6) is -0.502. The second-order valence-corrected chi connectivity index (χ2v) is 7.67. The molecule has 1 aromatic carbocycles. The van der Waals surface area contributed by atoms with E-state index in [1.165, 1.54) is 12.1 Å². The van der Waals surface area contributed by atoms with Gasteiger partial charge in [-0.15, -0.1) is 13.2 Å². The van der Waals surface area contributed by atoms with Gasteiger partial charge in [-0.3, -0.25) is 9.59 Å². The summed E-state index contributed by atoms with van der Waals surface area (Å²) < 4.78 is 40.4. The summed E-state index contributed by atoms with van der Waals surface area (Å²) in [6.45, 7) is 5.82. The van der Waals surface area contributed by atoms with Crippen molar-refractivity contribution in [1.29, 1.82) is 0 Å². The first-order valence-corrected chi connectivity index (χ1v) is 8.12. The number of hydrogen-bond donors (Lipinski definition) is 1. The summed E-state index contributed by atoms with van der Waals surface area (Å²) in [5, 5.41) is 2.76. The molecule has 0 saturated heterocycles. The Balaban J connectivity index is 1.78. The molecule has 25 heavy (non-hydrogen) atoms.